The van der Waals surface area contributed by atoms with Gasteiger partial charge in [-0.1, -0.05) is 54.2 Å². The minimum atomic E-state index is -0.491. The normalized spacial score (nSPS) is 12.8. The summed E-state index contributed by atoms with van der Waals surface area (Å²) in [6.45, 7) is 1.46. The average Bonchev–Trinajstić information content (AvgIpc) is 3.17. The lowest BCUT2D eigenvalue weighted by molar-refractivity contribution is -0.384. The number of hydrogen-bond donors (Lipinski definition) is 0. The first-order valence-corrected chi connectivity index (χ1v) is 8.86. The van der Waals surface area contributed by atoms with Gasteiger partial charge in [0.15, 0.2) is 11.0 Å². The Balaban J connectivity index is 0.00000243. The van der Waals surface area contributed by atoms with Crippen LogP contribution in [0, 0.1) is 10.1 Å². The molecular weight excluding hydrogens is 418 g/mol. The topological polar surface area (TPSA) is 75.8 Å². The van der Waals surface area contributed by atoms with Crippen molar-refractivity contribution in [3.05, 3.63) is 75.8 Å². The Morgan fingerprint density at radius 1 is 1.19 bits per heavy atom. The van der Waals surface area contributed by atoms with E-state index < -0.39 is 4.92 Å². The highest BCUT2D eigenvalue weighted by Crippen LogP contribution is 2.20. The van der Waals surface area contributed by atoms with Gasteiger partial charge in [0.2, 0.25) is 0 Å². The first kappa shape index (κ1) is 20.1. The number of benzene rings is 2. The number of rotatable bonds is 6. The van der Waals surface area contributed by atoms with Crippen molar-refractivity contribution in [2.24, 2.45) is 4.99 Å². The molecule has 2 aromatic rings. The minimum Gasteiger partial charge on any atom is -0.339 e. The van der Waals surface area contributed by atoms with Crippen molar-refractivity contribution in [2.45, 2.75) is 6.54 Å². The number of hydrogen-bond acceptors (Lipinski definition) is 6. The summed E-state index contributed by atoms with van der Waals surface area (Å²) >= 11 is 1.63. The fraction of sp³-hybridized carbons (Fsp3) is 0.222. The van der Waals surface area contributed by atoms with Crippen LogP contribution in [0.4, 0.5) is 5.69 Å². The van der Waals surface area contributed by atoms with Gasteiger partial charge in [-0.15, -0.1) is 17.0 Å². The van der Waals surface area contributed by atoms with E-state index >= 15 is 0 Å². The van der Waals surface area contributed by atoms with Crippen LogP contribution in [0.2, 0.25) is 0 Å². The zero-order valence-electron chi connectivity index (χ0n) is 13.9. The molecular formula is C18H18BrN3O3S. The molecule has 8 heteroatoms. The van der Waals surface area contributed by atoms with E-state index in [1.54, 1.807) is 17.8 Å². The van der Waals surface area contributed by atoms with Gasteiger partial charge in [0.25, 0.3) is 5.69 Å². The van der Waals surface area contributed by atoms with Crippen molar-refractivity contribution >= 4 is 45.4 Å². The Labute approximate surface area is 166 Å². The van der Waals surface area contributed by atoms with Gasteiger partial charge < -0.3 is 4.90 Å². The molecule has 0 saturated carbocycles. The zero-order chi connectivity index (χ0) is 17.6. The smallest absolute Gasteiger partial charge is 0.270 e. The van der Waals surface area contributed by atoms with Gasteiger partial charge >= 0.3 is 0 Å². The van der Waals surface area contributed by atoms with Crippen LogP contribution in [0.1, 0.15) is 15.9 Å². The number of halogens is 1. The Morgan fingerprint density at radius 2 is 1.96 bits per heavy atom. The number of nitrogens with zero attached hydrogens (tertiary/aromatic N) is 3. The van der Waals surface area contributed by atoms with Crippen LogP contribution in [-0.2, 0) is 6.54 Å². The van der Waals surface area contributed by atoms with Crippen LogP contribution in [0.3, 0.4) is 0 Å². The number of amidine groups is 1. The summed E-state index contributed by atoms with van der Waals surface area (Å²) < 4.78 is 0. The summed E-state index contributed by atoms with van der Waals surface area (Å²) in [5, 5.41) is 11.8. The maximum atomic E-state index is 12.6. The Hall–Kier alpha value is -2.19. The first-order chi connectivity index (χ1) is 12.1. The zero-order valence-corrected chi connectivity index (χ0v) is 16.4. The maximum Gasteiger partial charge on any atom is 0.270 e. The van der Waals surface area contributed by atoms with Crippen LogP contribution in [-0.4, -0.2) is 39.6 Å². The molecule has 136 valence electrons. The van der Waals surface area contributed by atoms with E-state index in [0.717, 1.165) is 23.0 Å². The molecule has 0 aromatic heterocycles. The lowest BCUT2D eigenvalue weighted by Gasteiger charge is -2.23. The Morgan fingerprint density at radius 3 is 2.62 bits per heavy atom. The number of carbonyl (C=O) groups is 1. The molecule has 1 heterocycles. The standard InChI is InChI=1S/C18H17N3O3S.BrH/c22-17(15-7-4-8-16(11-15)21(23)24)13-20(18-19-9-10-25-18)12-14-5-2-1-3-6-14;/h1-8,11H,9-10,12-13H2;1H. The predicted molar refractivity (Wildman–Crippen MR) is 109 cm³/mol. The Bertz CT molecular complexity index is 814. The molecule has 6 nitrogen and oxygen atoms in total. The second-order valence-electron chi connectivity index (χ2n) is 5.59. The summed E-state index contributed by atoms with van der Waals surface area (Å²) in [5.74, 6) is 0.751. The van der Waals surface area contributed by atoms with Crippen molar-refractivity contribution in [1.29, 1.82) is 0 Å². The van der Waals surface area contributed by atoms with Gasteiger partial charge in [-0.3, -0.25) is 19.9 Å². The third-order valence-electron chi connectivity index (χ3n) is 3.77. The number of Topliss-reactive ketones (excluding diaryl/α,β-unsaturated/α-hetero) is 1. The molecule has 0 amide bonds. The summed E-state index contributed by atoms with van der Waals surface area (Å²) in [7, 11) is 0. The molecule has 0 radical (unpaired) electrons. The fourth-order valence-electron chi connectivity index (χ4n) is 2.57. The van der Waals surface area contributed by atoms with E-state index in [-0.39, 0.29) is 35.0 Å². The molecule has 0 aliphatic carbocycles. The van der Waals surface area contributed by atoms with Gasteiger partial charge in [-0.05, 0) is 5.56 Å². The number of aliphatic imine (C=N–C) groups is 1. The van der Waals surface area contributed by atoms with Gasteiger partial charge in [0.1, 0.15) is 0 Å². The van der Waals surface area contributed by atoms with E-state index in [9.17, 15) is 14.9 Å². The molecule has 0 spiro atoms. The van der Waals surface area contributed by atoms with Crippen molar-refractivity contribution in [1.82, 2.24) is 4.90 Å². The molecule has 0 bridgehead atoms. The third-order valence-corrected chi connectivity index (χ3v) is 4.80. The molecule has 0 saturated heterocycles. The Kier molecular flexibility index (Phi) is 7.35. The molecule has 0 N–H and O–H groups in total. The number of nitro groups is 1. The summed E-state index contributed by atoms with van der Waals surface area (Å²) in [5.41, 5.74) is 1.36. The molecule has 0 unspecified atom stereocenters. The molecule has 2 aromatic carbocycles. The quantitative estimate of drug-likeness (QED) is 0.389. The number of nitro benzene ring substituents is 1. The van der Waals surface area contributed by atoms with Gasteiger partial charge in [0, 0.05) is 30.0 Å². The highest BCUT2D eigenvalue weighted by Gasteiger charge is 2.21. The summed E-state index contributed by atoms with van der Waals surface area (Å²) in [6.07, 6.45) is 0. The van der Waals surface area contributed by atoms with Crippen LogP contribution in [0.15, 0.2) is 59.6 Å². The number of non-ortho nitro benzene ring substituents is 1. The molecule has 0 atom stereocenters. The molecule has 0 fully saturated rings. The highest BCUT2D eigenvalue weighted by atomic mass is 79.9. The summed E-state index contributed by atoms with van der Waals surface area (Å²) in [6, 6.07) is 15.7. The predicted octanol–water partition coefficient (Wildman–Crippen LogP) is 3.96. The lowest BCUT2D eigenvalue weighted by atomic mass is 10.1. The number of carbonyl (C=O) groups excluding carboxylic acids is 1. The number of thioether (sulfide) groups is 1. The third kappa shape index (κ3) is 5.15. The largest absolute Gasteiger partial charge is 0.339 e. The molecule has 26 heavy (non-hydrogen) atoms. The minimum absolute atomic E-state index is 0. The fourth-order valence-corrected chi connectivity index (χ4v) is 3.43. The van der Waals surface area contributed by atoms with E-state index in [2.05, 4.69) is 4.99 Å². The maximum absolute atomic E-state index is 12.6. The molecule has 1 aliphatic heterocycles. The lowest BCUT2D eigenvalue weighted by Crippen LogP contribution is -2.33. The van der Waals surface area contributed by atoms with E-state index in [0.29, 0.717) is 12.1 Å². The van der Waals surface area contributed by atoms with E-state index in [1.807, 2.05) is 35.2 Å². The highest BCUT2D eigenvalue weighted by molar-refractivity contribution is 8.93. The van der Waals surface area contributed by atoms with Gasteiger partial charge in [-0.2, -0.15) is 0 Å². The van der Waals surface area contributed by atoms with Crippen LogP contribution in [0.5, 0.6) is 0 Å². The first-order valence-electron chi connectivity index (χ1n) is 7.87. The van der Waals surface area contributed by atoms with Crippen LogP contribution in [0.25, 0.3) is 0 Å². The number of ketones is 1. The van der Waals surface area contributed by atoms with Crippen molar-refractivity contribution in [3.63, 3.8) is 0 Å². The van der Waals surface area contributed by atoms with Crippen molar-refractivity contribution in [2.75, 3.05) is 18.8 Å². The molecule has 1 aliphatic rings. The average molecular weight is 436 g/mol. The van der Waals surface area contributed by atoms with Crippen molar-refractivity contribution in [3.8, 4) is 0 Å². The van der Waals surface area contributed by atoms with Crippen molar-refractivity contribution < 1.29 is 9.72 Å². The van der Waals surface area contributed by atoms with Gasteiger partial charge in [-0.25, -0.2) is 0 Å². The van der Waals surface area contributed by atoms with E-state index in [4.69, 9.17) is 0 Å². The second kappa shape index (κ2) is 9.49. The van der Waals surface area contributed by atoms with Crippen LogP contribution >= 0.6 is 28.7 Å². The monoisotopic (exact) mass is 435 g/mol. The molecule has 3 rings (SSSR count). The summed E-state index contributed by atoms with van der Waals surface area (Å²) in [4.78, 5) is 29.5. The van der Waals surface area contributed by atoms with Crippen LogP contribution < -0.4 is 0 Å². The second-order valence-corrected chi connectivity index (χ2v) is 6.65. The van der Waals surface area contributed by atoms with Gasteiger partial charge in [0.05, 0.1) is 18.0 Å². The van der Waals surface area contributed by atoms with E-state index in [1.165, 1.54) is 18.2 Å². The SMILES string of the molecule is Br.O=C(CN(Cc1ccccc1)C1=NCCS1)c1cccc([N+](=O)[O-])c1.